The van der Waals surface area contributed by atoms with Crippen LogP contribution in [0.2, 0.25) is 0 Å². The van der Waals surface area contributed by atoms with Gasteiger partial charge in [0.05, 0.1) is 16.1 Å². The van der Waals surface area contributed by atoms with E-state index >= 15 is 0 Å². The maximum atomic E-state index is 11.8. The first kappa shape index (κ1) is 14.9. The lowest BCUT2D eigenvalue weighted by Crippen LogP contribution is -2.22. The number of anilines is 1. The van der Waals surface area contributed by atoms with Crippen molar-refractivity contribution in [1.82, 2.24) is 9.97 Å². The molecule has 0 bridgehead atoms. The van der Waals surface area contributed by atoms with Gasteiger partial charge in [0.25, 0.3) is 0 Å². The Morgan fingerprint density at radius 3 is 2.95 bits per heavy atom. The number of nitrogens with two attached hydrogens (primary N) is 1. The number of rotatable bonds is 3. The molecule has 0 aromatic carbocycles. The predicted molar refractivity (Wildman–Crippen MR) is 85.9 cm³/mol. The largest absolute Gasteiger partial charge is 0.478 e. The number of aromatic nitrogens is 2. The van der Waals surface area contributed by atoms with E-state index in [0.717, 1.165) is 29.7 Å². The number of hydrogen-bond donors (Lipinski definition) is 3. The molecular weight excluding hydrogens is 300 g/mol. The number of hydrogen-bond acceptors (Lipinski definition) is 6. The van der Waals surface area contributed by atoms with Gasteiger partial charge in [0.15, 0.2) is 0 Å². The smallest absolute Gasteiger partial charge is 0.337 e. The van der Waals surface area contributed by atoms with Gasteiger partial charge in [-0.05, 0) is 36.3 Å². The van der Waals surface area contributed by atoms with E-state index in [1.54, 1.807) is 12.3 Å². The normalized spacial score (nSPS) is 16.1. The first-order chi connectivity index (χ1) is 10.4. The molecule has 1 aliphatic rings. The Kier molecular flexibility index (Phi) is 3.62. The summed E-state index contributed by atoms with van der Waals surface area (Å²) in [7, 11) is 0. The Labute approximate surface area is 132 Å². The summed E-state index contributed by atoms with van der Waals surface area (Å²) in [6.45, 7) is 4.36. The van der Waals surface area contributed by atoms with Crippen molar-refractivity contribution in [3.63, 3.8) is 0 Å². The first-order valence-corrected chi connectivity index (χ1v) is 7.91. The molecule has 0 amide bonds. The number of fused-ring (bicyclic) bond motifs is 1. The summed E-state index contributed by atoms with van der Waals surface area (Å²) in [5.74, 6) is 4.72. The average Bonchev–Trinajstić information content (AvgIpc) is 2.84. The summed E-state index contributed by atoms with van der Waals surface area (Å²) < 4.78 is 0. The molecule has 0 fully saturated rings. The zero-order valence-electron chi connectivity index (χ0n) is 12.5. The van der Waals surface area contributed by atoms with Crippen LogP contribution in [-0.4, -0.2) is 21.0 Å². The van der Waals surface area contributed by atoms with Crippen molar-refractivity contribution in [1.29, 1.82) is 0 Å². The summed E-state index contributed by atoms with van der Waals surface area (Å²) in [4.78, 5) is 21.9. The van der Waals surface area contributed by atoms with Crippen molar-refractivity contribution in [3.8, 4) is 10.6 Å². The summed E-state index contributed by atoms with van der Waals surface area (Å²) in [5, 5.41) is 9.69. The number of aryl methyl sites for hydroxylation is 1. The SMILES string of the molecule is CC1(C)CCc2sc(-c3ccnc(NN)n3)c(C(=O)O)c2C1. The Balaban J connectivity index is 2.16. The predicted octanol–water partition coefficient (Wildman–Crippen LogP) is 2.70. The molecule has 2 heterocycles. The number of aromatic carboxylic acids is 1. The van der Waals surface area contributed by atoms with Gasteiger partial charge >= 0.3 is 5.97 Å². The minimum atomic E-state index is -0.897. The summed E-state index contributed by atoms with van der Waals surface area (Å²) in [6.07, 6.45) is 4.35. The highest BCUT2D eigenvalue weighted by Crippen LogP contribution is 2.44. The van der Waals surface area contributed by atoms with Crippen LogP contribution in [0.3, 0.4) is 0 Å². The molecule has 0 atom stereocenters. The van der Waals surface area contributed by atoms with Crippen molar-refractivity contribution in [3.05, 3.63) is 28.3 Å². The summed E-state index contributed by atoms with van der Waals surface area (Å²) in [5.41, 5.74) is 4.47. The van der Waals surface area contributed by atoms with Crippen molar-refractivity contribution in [2.24, 2.45) is 11.3 Å². The van der Waals surface area contributed by atoms with Gasteiger partial charge in [-0.2, -0.15) is 0 Å². The number of hydrazine groups is 1. The van der Waals surface area contributed by atoms with Gasteiger partial charge in [0.1, 0.15) is 0 Å². The molecule has 0 aliphatic heterocycles. The number of thiophene rings is 1. The number of carbonyl (C=O) groups is 1. The lowest BCUT2D eigenvalue weighted by molar-refractivity contribution is 0.0696. The molecule has 2 aromatic heterocycles. The highest BCUT2D eigenvalue weighted by Gasteiger charge is 2.33. The Morgan fingerprint density at radius 1 is 1.50 bits per heavy atom. The number of nitrogen functional groups attached to an aromatic ring is 1. The minimum Gasteiger partial charge on any atom is -0.478 e. The van der Waals surface area contributed by atoms with Crippen LogP contribution < -0.4 is 11.3 Å². The molecule has 22 heavy (non-hydrogen) atoms. The van der Waals surface area contributed by atoms with Gasteiger partial charge in [-0.25, -0.2) is 20.6 Å². The van der Waals surface area contributed by atoms with Crippen LogP contribution in [0.15, 0.2) is 12.3 Å². The second kappa shape index (κ2) is 5.33. The summed E-state index contributed by atoms with van der Waals surface area (Å²) in [6, 6.07) is 1.72. The fourth-order valence-electron chi connectivity index (χ4n) is 2.88. The van der Waals surface area contributed by atoms with Crippen molar-refractivity contribution < 1.29 is 9.90 Å². The van der Waals surface area contributed by atoms with Crippen LogP contribution >= 0.6 is 11.3 Å². The lowest BCUT2D eigenvalue weighted by Gasteiger charge is -2.29. The van der Waals surface area contributed by atoms with Crippen molar-refractivity contribution in [2.45, 2.75) is 33.1 Å². The monoisotopic (exact) mass is 318 g/mol. The van der Waals surface area contributed by atoms with Gasteiger partial charge in [0, 0.05) is 11.1 Å². The zero-order valence-corrected chi connectivity index (χ0v) is 13.3. The third-order valence-corrected chi connectivity index (χ3v) is 5.32. The van der Waals surface area contributed by atoms with E-state index in [0.29, 0.717) is 16.1 Å². The molecule has 1 aliphatic carbocycles. The van der Waals surface area contributed by atoms with E-state index in [1.807, 2.05) is 0 Å². The molecule has 116 valence electrons. The maximum Gasteiger partial charge on any atom is 0.337 e. The molecule has 0 unspecified atom stereocenters. The standard InChI is InChI=1S/C15H18N4O2S/c1-15(2)5-3-10-8(7-15)11(13(20)21)12(22-10)9-4-6-17-14(18-9)19-16/h4,6H,3,5,7,16H2,1-2H3,(H,20,21)(H,17,18,19). The highest BCUT2D eigenvalue weighted by molar-refractivity contribution is 7.16. The van der Waals surface area contributed by atoms with Crippen LogP contribution in [0, 0.1) is 5.41 Å². The Morgan fingerprint density at radius 2 is 2.27 bits per heavy atom. The van der Waals surface area contributed by atoms with E-state index in [-0.39, 0.29) is 11.4 Å². The van der Waals surface area contributed by atoms with Crippen LogP contribution in [-0.2, 0) is 12.8 Å². The van der Waals surface area contributed by atoms with E-state index in [9.17, 15) is 9.90 Å². The van der Waals surface area contributed by atoms with Crippen molar-refractivity contribution >= 4 is 23.3 Å². The molecule has 0 radical (unpaired) electrons. The molecule has 0 saturated heterocycles. The molecular formula is C15H18N4O2S. The topological polar surface area (TPSA) is 101 Å². The van der Waals surface area contributed by atoms with Gasteiger partial charge < -0.3 is 5.11 Å². The Bertz CT molecular complexity index is 739. The highest BCUT2D eigenvalue weighted by atomic mass is 32.1. The fourth-order valence-corrected chi connectivity index (χ4v) is 4.16. The Hall–Kier alpha value is -1.99. The van der Waals surface area contributed by atoms with Gasteiger partial charge in [0.2, 0.25) is 5.95 Å². The van der Waals surface area contributed by atoms with Crippen LogP contribution in [0.1, 0.15) is 41.1 Å². The third kappa shape index (κ3) is 2.57. The van der Waals surface area contributed by atoms with Gasteiger partial charge in [-0.15, -0.1) is 11.3 Å². The van der Waals surface area contributed by atoms with E-state index in [2.05, 4.69) is 29.2 Å². The number of carboxylic acid groups (broad SMARTS) is 1. The number of nitrogens with zero attached hydrogens (tertiary/aromatic N) is 2. The molecule has 3 rings (SSSR count). The zero-order chi connectivity index (χ0) is 15.9. The third-order valence-electron chi connectivity index (χ3n) is 4.01. The van der Waals surface area contributed by atoms with Crippen LogP contribution in [0.4, 0.5) is 5.95 Å². The van der Waals surface area contributed by atoms with Crippen LogP contribution in [0.25, 0.3) is 10.6 Å². The van der Waals surface area contributed by atoms with Gasteiger partial charge in [-0.3, -0.25) is 5.43 Å². The van der Waals surface area contributed by atoms with E-state index < -0.39 is 5.97 Å². The second-order valence-corrected chi connectivity index (χ2v) is 7.37. The molecule has 7 heteroatoms. The molecule has 6 nitrogen and oxygen atoms in total. The average molecular weight is 318 g/mol. The van der Waals surface area contributed by atoms with E-state index in [4.69, 9.17) is 5.84 Å². The second-order valence-electron chi connectivity index (χ2n) is 6.26. The molecule has 4 N–H and O–H groups in total. The minimum absolute atomic E-state index is 0.130. The number of carboxylic acids is 1. The van der Waals surface area contributed by atoms with Crippen LogP contribution in [0.5, 0.6) is 0 Å². The maximum absolute atomic E-state index is 11.8. The van der Waals surface area contributed by atoms with Gasteiger partial charge in [-0.1, -0.05) is 13.8 Å². The molecule has 2 aromatic rings. The molecule has 0 spiro atoms. The first-order valence-electron chi connectivity index (χ1n) is 7.09. The fraction of sp³-hybridized carbons (Fsp3) is 0.400. The molecule has 0 saturated carbocycles. The summed E-state index contributed by atoms with van der Waals surface area (Å²) >= 11 is 1.52. The quantitative estimate of drug-likeness (QED) is 0.594. The van der Waals surface area contributed by atoms with E-state index in [1.165, 1.54) is 11.3 Å². The van der Waals surface area contributed by atoms with Crippen molar-refractivity contribution in [2.75, 3.05) is 5.43 Å². The number of nitrogens with one attached hydrogen (secondary N) is 1. The lowest BCUT2D eigenvalue weighted by atomic mass is 9.76.